The Morgan fingerprint density at radius 3 is 1.67 bits per heavy atom. The summed E-state index contributed by atoms with van der Waals surface area (Å²) in [7, 11) is 0. The molecule has 2 fully saturated rings. The first kappa shape index (κ1) is 79.5. The molecular formula is C80H98F2N8O14. The molecule has 0 radical (unpaired) electrons. The quantitative estimate of drug-likeness (QED) is 0.0880. The van der Waals surface area contributed by atoms with Crippen molar-refractivity contribution in [2.75, 3.05) is 78.7 Å². The van der Waals surface area contributed by atoms with Gasteiger partial charge in [-0.25, -0.2) is 18.4 Å². The van der Waals surface area contributed by atoms with Gasteiger partial charge in [-0.3, -0.25) is 38.6 Å². The van der Waals surface area contributed by atoms with Crippen molar-refractivity contribution in [1.82, 2.24) is 40.0 Å². The molecule has 4 aliphatic heterocycles. The van der Waals surface area contributed by atoms with E-state index in [1.807, 2.05) is 101 Å². The first-order valence-corrected chi connectivity index (χ1v) is 35.5. The van der Waals surface area contributed by atoms with Crippen molar-refractivity contribution < 1.29 is 76.3 Å². The SMILES string of the molecule is CC(C)(C)OC(=O)N1CCN(Cc2ccccc2)C(=O)C1.CCCN1CC=CCOc2cc(F)cc(c2)CC(CO)NC(=O)c2cccc(c2)C1=O.CCCN1CCCCOc2cc(F)cc(c2)CC(C(O)C2C(=O)N(Cc3ccccc3)CCN2C(=O)OC(C)(C)C)NC(=O)c2cccc(c2)C1=O. The minimum absolute atomic E-state index is 0.0454. The van der Waals surface area contributed by atoms with Crippen LogP contribution in [0.15, 0.2) is 158 Å². The standard InChI is InChI=1S/C40H49FN4O7.C24H27FN2O4.C16H22N2O3/c1-5-16-43-17-9-10-20-51-32-22-28(21-31(41)25-32)23-33(42-36(47)29-14-11-15-30(24-29)37(43)48)35(46)34-38(49)44(26-27-12-7-6-8-13-27)18-19-45(34)39(50)52-40(2,3)4;1-2-8-27-9-3-4-10-31-22-13-17(11-20(25)15-22)12-21(16-28)26-23(29)18-6-5-7-19(14-18)24(27)30;1-16(2,3)21-15(20)18-10-9-17(14(19)12-18)11-13-7-5-4-6-8-13/h6-8,11-15,21-22,24-25,33-35,46H,5,9-10,16-20,23,26H2,1-4H3,(H,42,47);3-7,11,13-15,21,28H,2,8-10,12,16H2,1H3,(H,26,29);4-8H,9-12H2,1-3H3. The second-order valence-corrected chi connectivity index (χ2v) is 28.0. The summed E-state index contributed by atoms with van der Waals surface area (Å²) in [6.45, 7) is 18.9. The summed E-state index contributed by atoms with van der Waals surface area (Å²) in [6.07, 6.45) is 3.68. The zero-order chi connectivity index (χ0) is 75.1. The number of aliphatic hydroxyl groups excluding tert-OH is 2. The lowest BCUT2D eigenvalue weighted by Crippen LogP contribution is -2.66. The van der Waals surface area contributed by atoms with Crippen LogP contribution in [0, 0.1) is 11.6 Å². The molecule has 6 aromatic rings. The van der Waals surface area contributed by atoms with Crippen LogP contribution < -0.4 is 20.1 Å². The van der Waals surface area contributed by atoms with Crippen molar-refractivity contribution in [2.24, 2.45) is 0 Å². The van der Waals surface area contributed by atoms with Crippen LogP contribution >= 0.6 is 0 Å². The van der Waals surface area contributed by atoms with E-state index in [1.165, 1.54) is 40.1 Å². The fourth-order valence-electron chi connectivity index (χ4n) is 12.2. The van der Waals surface area contributed by atoms with Crippen LogP contribution in [0.2, 0.25) is 0 Å². The van der Waals surface area contributed by atoms with Crippen molar-refractivity contribution in [3.63, 3.8) is 0 Å². The smallest absolute Gasteiger partial charge is 0.411 e. The monoisotopic (exact) mass is 1430 g/mol. The maximum atomic E-state index is 15.0. The number of ether oxygens (including phenoxy) is 4. The van der Waals surface area contributed by atoms with Gasteiger partial charge in [0.25, 0.3) is 23.6 Å². The second kappa shape index (κ2) is 37.8. The molecule has 0 aromatic heterocycles. The third-order valence-electron chi connectivity index (χ3n) is 17.2. The molecule has 24 heteroatoms. The zero-order valence-corrected chi connectivity index (χ0v) is 60.7. The van der Waals surface area contributed by atoms with E-state index < -0.39 is 77.0 Å². The molecule has 4 aliphatic rings. The number of hydrogen-bond donors (Lipinski definition) is 4. The van der Waals surface area contributed by atoms with Gasteiger partial charge in [-0.05, 0) is 169 Å². The van der Waals surface area contributed by atoms with Crippen LogP contribution in [0.5, 0.6) is 11.5 Å². The molecule has 22 nitrogen and oxygen atoms in total. The van der Waals surface area contributed by atoms with Gasteiger partial charge in [0.05, 0.1) is 25.3 Å². The van der Waals surface area contributed by atoms with Gasteiger partial charge in [0, 0.05) is 99.8 Å². The highest BCUT2D eigenvalue weighted by molar-refractivity contribution is 6.01. The minimum Gasteiger partial charge on any atom is -0.493 e. The summed E-state index contributed by atoms with van der Waals surface area (Å²) in [5, 5.41) is 27.6. The molecule has 4 unspecified atom stereocenters. The normalized spacial score (nSPS) is 18.4. The molecule has 6 aromatic carbocycles. The lowest BCUT2D eigenvalue weighted by atomic mass is 9.92. The van der Waals surface area contributed by atoms with Crippen LogP contribution in [0.25, 0.3) is 0 Å². The maximum Gasteiger partial charge on any atom is 0.411 e. The van der Waals surface area contributed by atoms with E-state index in [1.54, 1.807) is 101 Å². The summed E-state index contributed by atoms with van der Waals surface area (Å²) in [4.78, 5) is 115. The van der Waals surface area contributed by atoms with Gasteiger partial charge in [-0.1, -0.05) is 92.7 Å². The third-order valence-corrected chi connectivity index (χ3v) is 17.2. The van der Waals surface area contributed by atoms with Gasteiger partial charge in [-0.15, -0.1) is 0 Å². The van der Waals surface area contributed by atoms with Gasteiger partial charge in [0.2, 0.25) is 11.8 Å². The van der Waals surface area contributed by atoms with Crippen molar-refractivity contribution in [3.05, 3.63) is 214 Å². The summed E-state index contributed by atoms with van der Waals surface area (Å²) in [5.74, 6) is -2.39. The molecule has 556 valence electrons. The highest BCUT2D eigenvalue weighted by atomic mass is 19.1. The highest BCUT2D eigenvalue weighted by Crippen LogP contribution is 2.27. The number of rotatable bonds is 11. The van der Waals surface area contributed by atoms with E-state index in [9.17, 15) is 53.0 Å². The van der Waals surface area contributed by atoms with Gasteiger partial charge in [0.1, 0.15) is 59.6 Å². The Kier molecular flexibility index (Phi) is 28.9. The molecule has 0 saturated carbocycles. The van der Waals surface area contributed by atoms with E-state index >= 15 is 4.39 Å². The fraction of sp³-hybridized carbons (Fsp3) is 0.425. The summed E-state index contributed by atoms with van der Waals surface area (Å²) in [5.41, 5.74) is 2.77. The van der Waals surface area contributed by atoms with Crippen LogP contribution in [0.1, 0.15) is 145 Å². The molecule has 4 heterocycles. The predicted molar refractivity (Wildman–Crippen MR) is 389 cm³/mol. The predicted octanol–water partition coefficient (Wildman–Crippen LogP) is 10.4. The van der Waals surface area contributed by atoms with Gasteiger partial charge >= 0.3 is 12.2 Å². The molecule has 104 heavy (non-hydrogen) atoms. The zero-order valence-electron chi connectivity index (χ0n) is 60.7. The Morgan fingerprint density at radius 2 is 1.10 bits per heavy atom. The molecule has 0 aliphatic carbocycles. The summed E-state index contributed by atoms with van der Waals surface area (Å²) in [6, 6.07) is 37.3. The number of halogens is 2. The number of benzene rings is 6. The van der Waals surface area contributed by atoms with Crippen LogP contribution in [0.4, 0.5) is 18.4 Å². The average molecular weight is 1430 g/mol. The Balaban J connectivity index is 0.000000221. The fourth-order valence-corrected chi connectivity index (χ4v) is 12.2. The van der Waals surface area contributed by atoms with Gasteiger partial charge in [-0.2, -0.15) is 0 Å². The van der Waals surface area contributed by atoms with Crippen molar-refractivity contribution in [1.29, 1.82) is 0 Å². The third kappa shape index (κ3) is 23.9. The Bertz CT molecular complexity index is 3940. The maximum absolute atomic E-state index is 15.0. The van der Waals surface area contributed by atoms with E-state index in [0.717, 1.165) is 24.0 Å². The number of fused-ring (bicyclic) bond motifs is 8. The van der Waals surface area contributed by atoms with Crippen LogP contribution in [0.3, 0.4) is 0 Å². The minimum atomic E-state index is -1.66. The number of piperazine rings is 2. The highest BCUT2D eigenvalue weighted by Gasteiger charge is 2.46. The first-order valence-electron chi connectivity index (χ1n) is 35.5. The van der Waals surface area contributed by atoms with E-state index in [-0.39, 0.29) is 87.9 Å². The Labute approximate surface area is 607 Å². The van der Waals surface area contributed by atoms with Crippen molar-refractivity contribution in [3.8, 4) is 11.5 Å². The number of aliphatic hydroxyl groups is 2. The summed E-state index contributed by atoms with van der Waals surface area (Å²) >= 11 is 0. The van der Waals surface area contributed by atoms with Crippen LogP contribution in [-0.4, -0.2) is 201 Å². The second-order valence-electron chi connectivity index (χ2n) is 28.0. The van der Waals surface area contributed by atoms with Crippen molar-refractivity contribution in [2.45, 2.75) is 142 Å². The van der Waals surface area contributed by atoms with E-state index in [0.29, 0.717) is 92.2 Å². The van der Waals surface area contributed by atoms with Crippen molar-refractivity contribution >= 4 is 47.6 Å². The lowest BCUT2D eigenvalue weighted by molar-refractivity contribution is -0.148. The number of hydrogen-bond acceptors (Lipinski definition) is 14. The molecule has 4 atom stereocenters. The topological polar surface area (TPSA) is 257 Å². The van der Waals surface area contributed by atoms with Gasteiger partial charge in [0.15, 0.2) is 0 Å². The lowest BCUT2D eigenvalue weighted by Gasteiger charge is -2.44. The van der Waals surface area contributed by atoms with E-state index in [2.05, 4.69) is 10.6 Å². The molecule has 10 rings (SSSR count). The molecule has 0 spiro atoms. The molecule has 4 N–H and O–H groups in total. The molecule has 8 amide bonds. The Morgan fingerprint density at radius 1 is 0.567 bits per heavy atom. The van der Waals surface area contributed by atoms with Gasteiger partial charge < -0.3 is 59.4 Å². The molecular weight excluding hydrogens is 1330 g/mol. The Hall–Kier alpha value is -10.2. The number of carbonyl (C=O) groups excluding carboxylic acids is 8. The van der Waals surface area contributed by atoms with Crippen LogP contribution in [-0.2, 0) is 45.0 Å². The number of nitrogens with zero attached hydrogens (tertiary/aromatic N) is 6. The first-order chi connectivity index (χ1) is 49.7. The number of carbonyl (C=O) groups is 8. The number of amides is 8. The number of nitrogens with one attached hydrogen (secondary N) is 2. The molecule has 2 saturated heterocycles. The summed E-state index contributed by atoms with van der Waals surface area (Å²) < 4.78 is 51.5. The largest absolute Gasteiger partial charge is 0.493 e. The average Bonchev–Trinajstić information content (AvgIpc) is 0.779. The van der Waals surface area contributed by atoms with E-state index in [4.69, 9.17) is 18.9 Å². The molecule has 8 bridgehead atoms.